The number of ether oxygens (including phenoxy) is 1. The average molecular weight is 410 g/mol. The van der Waals surface area contributed by atoms with Crippen LogP contribution in [0.5, 0.6) is 0 Å². The molecule has 1 aromatic carbocycles. The number of piperidine rings is 1. The van der Waals surface area contributed by atoms with Gasteiger partial charge >= 0.3 is 0 Å². The molecule has 1 aromatic rings. The Balaban J connectivity index is 1.78. The maximum Gasteiger partial charge on any atom is 0.253 e. The highest BCUT2D eigenvalue weighted by Gasteiger charge is 2.33. The van der Waals surface area contributed by atoms with Gasteiger partial charge in [-0.1, -0.05) is 6.07 Å². The predicted molar refractivity (Wildman–Crippen MR) is 108 cm³/mol. The fourth-order valence-corrected chi connectivity index (χ4v) is 5.65. The summed E-state index contributed by atoms with van der Waals surface area (Å²) < 4.78 is 33.3. The molecule has 0 radical (unpaired) electrons. The molecule has 156 valence electrons. The van der Waals surface area contributed by atoms with Crippen molar-refractivity contribution in [1.29, 1.82) is 0 Å². The molecule has 0 saturated carbocycles. The Bertz CT molecular complexity index is 795. The molecule has 0 unspecified atom stereocenters. The molecule has 8 heteroatoms. The van der Waals surface area contributed by atoms with Crippen molar-refractivity contribution in [2.45, 2.75) is 49.8 Å². The fraction of sp³-hybridized carbons (Fsp3) is 0.650. The molecule has 2 aliphatic rings. The van der Waals surface area contributed by atoms with E-state index in [1.54, 1.807) is 23.1 Å². The fourth-order valence-electron chi connectivity index (χ4n) is 4.02. The highest BCUT2D eigenvalue weighted by molar-refractivity contribution is 7.89. The zero-order chi connectivity index (χ0) is 20.5. The van der Waals surface area contributed by atoms with E-state index < -0.39 is 10.0 Å². The Kier molecular flexibility index (Phi) is 6.44. The van der Waals surface area contributed by atoms with Crippen LogP contribution in [0.4, 0.5) is 0 Å². The first-order valence-electron chi connectivity index (χ1n) is 9.90. The van der Waals surface area contributed by atoms with Gasteiger partial charge in [0.1, 0.15) is 0 Å². The number of benzene rings is 1. The van der Waals surface area contributed by atoms with Crippen LogP contribution in [0.2, 0.25) is 0 Å². The van der Waals surface area contributed by atoms with E-state index in [0.717, 1.165) is 25.9 Å². The van der Waals surface area contributed by atoms with Crippen molar-refractivity contribution < 1.29 is 17.9 Å². The van der Waals surface area contributed by atoms with E-state index in [2.05, 4.69) is 11.9 Å². The molecule has 0 spiro atoms. The molecule has 3 rings (SSSR count). The molecule has 2 atom stereocenters. The van der Waals surface area contributed by atoms with Gasteiger partial charge < -0.3 is 14.5 Å². The first-order valence-corrected chi connectivity index (χ1v) is 11.3. The number of sulfonamides is 1. The lowest BCUT2D eigenvalue weighted by molar-refractivity contribution is -0.0440. The van der Waals surface area contributed by atoms with Crippen molar-refractivity contribution in [3.63, 3.8) is 0 Å². The van der Waals surface area contributed by atoms with Crippen LogP contribution >= 0.6 is 0 Å². The highest BCUT2D eigenvalue weighted by Crippen LogP contribution is 2.23. The molecule has 2 aliphatic heterocycles. The minimum absolute atomic E-state index is 0.129. The largest absolute Gasteiger partial charge is 0.373 e. The molecule has 2 heterocycles. The molecular weight excluding hydrogens is 378 g/mol. The van der Waals surface area contributed by atoms with Crippen molar-refractivity contribution in [2.75, 3.05) is 40.3 Å². The van der Waals surface area contributed by atoms with E-state index in [0.29, 0.717) is 18.7 Å². The monoisotopic (exact) mass is 409 g/mol. The molecule has 0 aromatic heterocycles. The summed E-state index contributed by atoms with van der Waals surface area (Å²) in [4.78, 5) is 17.2. The van der Waals surface area contributed by atoms with Crippen LogP contribution in [0.3, 0.4) is 0 Å². The van der Waals surface area contributed by atoms with E-state index >= 15 is 0 Å². The number of amides is 1. The topological polar surface area (TPSA) is 70.2 Å². The Morgan fingerprint density at radius 3 is 2.36 bits per heavy atom. The van der Waals surface area contributed by atoms with Gasteiger partial charge in [-0.3, -0.25) is 4.79 Å². The van der Waals surface area contributed by atoms with Gasteiger partial charge in [0, 0.05) is 31.7 Å². The molecule has 2 saturated heterocycles. The summed E-state index contributed by atoms with van der Waals surface area (Å²) in [5.74, 6) is -0.129. The summed E-state index contributed by atoms with van der Waals surface area (Å²) in [6, 6.07) is 6.60. The molecule has 7 nitrogen and oxygen atoms in total. The first-order chi connectivity index (χ1) is 13.2. The maximum absolute atomic E-state index is 13.1. The normalized spacial score (nSPS) is 25.6. The zero-order valence-corrected chi connectivity index (χ0v) is 18.0. The molecular formula is C20H31N3O4S. The van der Waals surface area contributed by atoms with Crippen molar-refractivity contribution >= 4 is 15.9 Å². The van der Waals surface area contributed by atoms with E-state index in [-0.39, 0.29) is 29.1 Å². The Morgan fingerprint density at radius 1 is 1.14 bits per heavy atom. The van der Waals surface area contributed by atoms with Gasteiger partial charge in [-0.05, 0) is 65.0 Å². The molecule has 28 heavy (non-hydrogen) atoms. The minimum Gasteiger partial charge on any atom is -0.373 e. The highest BCUT2D eigenvalue weighted by atomic mass is 32.2. The third-order valence-corrected chi connectivity index (χ3v) is 7.49. The van der Waals surface area contributed by atoms with Gasteiger partial charge in [-0.15, -0.1) is 0 Å². The van der Waals surface area contributed by atoms with Crippen molar-refractivity contribution in [1.82, 2.24) is 14.1 Å². The van der Waals surface area contributed by atoms with Crippen molar-refractivity contribution in [3.05, 3.63) is 29.8 Å². The SMILES string of the molecule is C[C@@H]1CN(S(=O)(=O)c2cccc(C(=O)N(C)C3CCN(C)CC3)c2)C[C@@H](C)O1. The maximum atomic E-state index is 13.1. The number of morpholine rings is 1. The lowest BCUT2D eigenvalue weighted by atomic mass is 10.0. The van der Waals surface area contributed by atoms with Crippen LogP contribution in [0, 0.1) is 0 Å². The van der Waals surface area contributed by atoms with Gasteiger partial charge in [0.15, 0.2) is 0 Å². The quantitative estimate of drug-likeness (QED) is 0.756. The summed E-state index contributed by atoms with van der Waals surface area (Å²) in [6.07, 6.45) is 1.55. The van der Waals surface area contributed by atoms with Crippen molar-refractivity contribution in [3.8, 4) is 0 Å². The lowest BCUT2D eigenvalue weighted by Crippen LogP contribution is -2.48. The number of hydrogen-bond donors (Lipinski definition) is 0. The smallest absolute Gasteiger partial charge is 0.253 e. The van der Waals surface area contributed by atoms with E-state index in [4.69, 9.17) is 4.74 Å². The van der Waals surface area contributed by atoms with Crippen LogP contribution in [0.25, 0.3) is 0 Å². The van der Waals surface area contributed by atoms with Crippen LogP contribution in [0.1, 0.15) is 37.0 Å². The third kappa shape index (κ3) is 4.56. The number of carbonyl (C=O) groups is 1. The molecule has 0 N–H and O–H groups in total. The standard InChI is InChI=1S/C20H31N3O4S/c1-15-13-23(14-16(2)27-15)28(25,26)19-7-5-6-17(12-19)20(24)22(4)18-8-10-21(3)11-9-18/h5-7,12,15-16,18H,8-11,13-14H2,1-4H3/t15-,16-/m1/s1. The van der Waals surface area contributed by atoms with Gasteiger partial charge in [0.05, 0.1) is 17.1 Å². The van der Waals surface area contributed by atoms with E-state index in [9.17, 15) is 13.2 Å². The summed E-state index contributed by atoms with van der Waals surface area (Å²) in [5, 5.41) is 0. The van der Waals surface area contributed by atoms with Gasteiger partial charge in [-0.25, -0.2) is 8.42 Å². The lowest BCUT2D eigenvalue weighted by Gasteiger charge is -2.35. The van der Waals surface area contributed by atoms with Crippen LogP contribution in [0.15, 0.2) is 29.2 Å². The van der Waals surface area contributed by atoms with Gasteiger partial charge in [0.25, 0.3) is 5.91 Å². The number of hydrogen-bond acceptors (Lipinski definition) is 5. The second-order valence-corrected chi connectivity index (χ2v) is 10.00. The number of likely N-dealkylation sites (tertiary alicyclic amines) is 1. The number of rotatable bonds is 4. The molecule has 2 fully saturated rings. The van der Waals surface area contributed by atoms with Crippen molar-refractivity contribution in [2.24, 2.45) is 0 Å². The predicted octanol–water partition coefficient (Wildman–Crippen LogP) is 1.65. The molecule has 1 amide bonds. The number of carbonyl (C=O) groups excluding carboxylic acids is 1. The summed E-state index contributed by atoms with van der Waals surface area (Å²) >= 11 is 0. The second kappa shape index (κ2) is 8.49. The first kappa shape index (κ1) is 21.2. The van der Waals surface area contributed by atoms with Gasteiger partial charge in [-0.2, -0.15) is 4.31 Å². The third-order valence-electron chi connectivity index (χ3n) is 5.66. The van der Waals surface area contributed by atoms with Crippen LogP contribution < -0.4 is 0 Å². The Morgan fingerprint density at radius 2 is 1.75 bits per heavy atom. The summed E-state index contributed by atoms with van der Waals surface area (Å²) in [5.41, 5.74) is 0.414. The van der Waals surface area contributed by atoms with E-state index in [1.165, 1.54) is 10.4 Å². The molecule has 0 aliphatic carbocycles. The van der Waals surface area contributed by atoms with E-state index in [1.807, 2.05) is 20.9 Å². The Labute approximate surface area is 168 Å². The molecule has 0 bridgehead atoms. The zero-order valence-electron chi connectivity index (χ0n) is 17.2. The summed E-state index contributed by atoms with van der Waals surface area (Å²) in [6.45, 7) is 6.30. The van der Waals surface area contributed by atoms with Crippen LogP contribution in [-0.4, -0.2) is 87.0 Å². The second-order valence-electron chi connectivity index (χ2n) is 8.06. The Hall–Kier alpha value is -1.48. The minimum atomic E-state index is -3.67. The van der Waals surface area contributed by atoms with Crippen LogP contribution in [-0.2, 0) is 14.8 Å². The number of nitrogens with zero attached hydrogens (tertiary/aromatic N) is 3. The summed E-state index contributed by atoms with van der Waals surface area (Å²) in [7, 11) is 0.228. The van der Waals surface area contributed by atoms with Gasteiger partial charge in [0.2, 0.25) is 10.0 Å². The average Bonchev–Trinajstić information content (AvgIpc) is 2.67.